The Balaban J connectivity index is 0.00000144. The van der Waals surface area contributed by atoms with Crippen molar-refractivity contribution in [2.24, 2.45) is 9.98 Å². The quantitative estimate of drug-likeness (QED) is 0.330. The van der Waals surface area contributed by atoms with Crippen LogP contribution in [0, 0.1) is 0 Å². The third-order valence-electron chi connectivity index (χ3n) is 5.44. The van der Waals surface area contributed by atoms with Crippen molar-refractivity contribution in [2.75, 3.05) is 0 Å². The van der Waals surface area contributed by atoms with E-state index in [1.807, 2.05) is 54.6 Å². The number of aliphatic imine (C=N–C) groups is 2. The van der Waals surface area contributed by atoms with E-state index in [0.29, 0.717) is 23.2 Å². The van der Waals surface area contributed by atoms with Crippen LogP contribution in [0.4, 0.5) is 0 Å². The van der Waals surface area contributed by atoms with Gasteiger partial charge in [0, 0.05) is 0 Å². The first-order valence-electron chi connectivity index (χ1n) is 10.3. The molecule has 0 N–H and O–H groups in total. The molecule has 5 nitrogen and oxygen atoms in total. The Morgan fingerprint density at radius 3 is 1.32 bits per heavy atom. The molecule has 0 aliphatic carbocycles. The van der Waals surface area contributed by atoms with Gasteiger partial charge in [0.2, 0.25) is 11.8 Å². The number of pyridine rings is 1. The van der Waals surface area contributed by atoms with Crippen LogP contribution in [0.2, 0.25) is 0 Å². The molecule has 4 atom stereocenters. The van der Waals surface area contributed by atoms with E-state index in [4.69, 9.17) is 24.4 Å². The van der Waals surface area contributed by atoms with Crippen LogP contribution in [0.15, 0.2) is 88.8 Å². The SMILES string of the molecule is CC1N=C(c2cccc(C3=NC(C)C(c4ccccc4)O3)n2)OC1c1ccccc1.[Cl-].[Cl-].[Cl-].[V+3]. The minimum Gasteiger partial charge on any atom is -1.00 e. The van der Waals surface area contributed by atoms with Crippen LogP contribution in [0.3, 0.4) is 0 Å². The molecule has 0 bridgehead atoms. The molecule has 2 aromatic carbocycles. The Bertz CT molecular complexity index is 1030. The minimum absolute atomic E-state index is 0. The van der Waals surface area contributed by atoms with Gasteiger partial charge in [0.15, 0.2) is 0 Å². The number of aromatic nitrogens is 1. The molecule has 0 amide bonds. The van der Waals surface area contributed by atoms with E-state index in [1.54, 1.807) is 0 Å². The fourth-order valence-corrected chi connectivity index (χ4v) is 3.91. The fraction of sp³-hybridized carbons (Fsp3) is 0.240. The van der Waals surface area contributed by atoms with Crippen molar-refractivity contribution in [1.82, 2.24) is 4.98 Å². The third-order valence-corrected chi connectivity index (χ3v) is 5.44. The van der Waals surface area contributed by atoms with E-state index in [-0.39, 0.29) is 80.1 Å². The predicted molar refractivity (Wildman–Crippen MR) is 117 cm³/mol. The van der Waals surface area contributed by atoms with Crippen molar-refractivity contribution < 1.29 is 65.3 Å². The first-order valence-corrected chi connectivity index (χ1v) is 10.3. The number of rotatable bonds is 4. The van der Waals surface area contributed by atoms with Gasteiger partial charge >= 0.3 is 18.6 Å². The van der Waals surface area contributed by atoms with Gasteiger partial charge in [-0.15, -0.1) is 0 Å². The number of ether oxygens (including phenoxy) is 2. The van der Waals surface area contributed by atoms with Gasteiger partial charge < -0.3 is 46.7 Å². The first-order chi connectivity index (χ1) is 14.7. The summed E-state index contributed by atoms with van der Waals surface area (Å²) in [5, 5.41) is 0. The van der Waals surface area contributed by atoms with Crippen LogP contribution < -0.4 is 37.2 Å². The van der Waals surface area contributed by atoms with Gasteiger partial charge in [-0.25, -0.2) is 15.0 Å². The molecule has 3 heterocycles. The van der Waals surface area contributed by atoms with E-state index >= 15 is 0 Å². The molecular formula is C25H23Cl3N3O2V. The van der Waals surface area contributed by atoms with Crippen molar-refractivity contribution >= 4 is 11.8 Å². The Morgan fingerprint density at radius 2 is 0.941 bits per heavy atom. The van der Waals surface area contributed by atoms with Crippen molar-refractivity contribution in [3.8, 4) is 0 Å². The van der Waals surface area contributed by atoms with Gasteiger partial charge in [0.1, 0.15) is 23.6 Å². The monoisotopic (exact) mass is 553 g/mol. The largest absolute Gasteiger partial charge is 3.00 e. The molecule has 2 aliphatic rings. The average molecular weight is 555 g/mol. The smallest absolute Gasteiger partial charge is 1.00 e. The Morgan fingerprint density at radius 1 is 0.559 bits per heavy atom. The van der Waals surface area contributed by atoms with E-state index in [0.717, 1.165) is 11.1 Å². The molecule has 176 valence electrons. The van der Waals surface area contributed by atoms with Crippen LogP contribution in [0.1, 0.15) is 48.6 Å². The summed E-state index contributed by atoms with van der Waals surface area (Å²) in [6.45, 7) is 4.12. The van der Waals surface area contributed by atoms with Gasteiger partial charge in [-0.05, 0) is 37.1 Å². The summed E-state index contributed by atoms with van der Waals surface area (Å²) in [4.78, 5) is 14.2. The maximum Gasteiger partial charge on any atom is 3.00 e. The average Bonchev–Trinajstić information content (AvgIpc) is 3.38. The van der Waals surface area contributed by atoms with Gasteiger partial charge in [-0.1, -0.05) is 66.7 Å². The normalized spacial score (nSPS) is 22.3. The number of hydrogen-bond acceptors (Lipinski definition) is 5. The Labute approximate surface area is 230 Å². The summed E-state index contributed by atoms with van der Waals surface area (Å²) in [5.41, 5.74) is 3.62. The van der Waals surface area contributed by atoms with Crippen LogP contribution >= 0.6 is 0 Å². The van der Waals surface area contributed by atoms with Crippen LogP contribution in [0.25, 0.3) is 0 Å². The molecule has 1 aromatic heterocycles. The fourth-order valence-electron chi connectivity index (χ4n) is 3.91. The zero-order chi connectivity index (χ0) is 20.5. The maximum absolute atomic E-state index is 6.18. The molecule has 0 saturated heterocycles. The predicted octanol–water partition coefficient (Wildman–Crippen LogP) is -4.10. The number of halogens is 3. The molecule has 0 spiro atoms. The molecular weight excluding hydrogens is 532 g/mol. The Hall–Kier alpha value is -2.02. The molecule has 2 aliphatic heterocycles. The maximum atomic E-state index is 6.18. The van der Waals surface area contributed by atoms with E-state index in [2.05, 4.69) is 38.1 Å². The first kappa shape index (κ1) is 30.0. The molecule has 4 unspecified atom stereocenters. The van der Waals surface area contributed by atoms with Crippen molar-refractivity contribution in [2.45, 2.75) is 38.1 Å². The van der Waals surface area contributed by atoms with E-state index in [9.17, 15) is 0 Å². The second-order valence-corrected chi connectivity index (χ2v) is 7.66. The van der Waals surface area contributed by atoms with E-state index in [1.165, 1.54) is 0 Å². The summed E-state index contributed by atoms with van der Waals surface area (Å²) in [7, 11) is 0. The molecule has 0 saturated carbocycles. The summed E-state index contributed by atoms with van der Waals surface area (Å²) in [6.07, 6.45) is -0.205. The zero-order valence-corrected chi connectivity index (χ0v) is 22.2. The number of nitrogens with zero attached hydrogens (tertiary/aromatic N) is 3. The molecule has 9 heteroatoms. The van der Waals surface area contributed by atoms with Crippen LogP contribution in [-0.2, 0) is 28.0 Å². The molecule has 0 fully saturated rings. The minimum atomic E-state index is -0.103. The molecule has 34 heavy (non-hydrogen) atoms. The third kappa shape index (κ3) is 6.15. The van der Waals surface area contributed by atoms with Gasteiger partial charge in [0.05, 0.1) is 12.1 Å². The van der Waals surface area contributed by atoms with Gasteiger partial charge in [-0.3, -0.25) is 0 Å². The molecule has 3 aromatic rings. The van der Waals surface area contributed by atoms with Gasteiger partial charge in [0.25, 0.3) is 0 Å². The standard InChI is InChI=1S/C25H23N3O2.3ClH.V/c1-16-22(18-10-5-3-6-11-18)29-24(26-16)20-14-9-15-21(28-20)25-27-17(2)23(30-25)19-12-7-4-8-13-19;;;;/h3-17,22-23H,1-2H3;3*1H;/q;;;;+3/p-3. The van der Waals surface area contributed by atoms with Crippen LogP contribution in [-0.4, -0.2) is 28.9 Å². The second-order valence-electron chi connectivity index (χ2n) is 7.66. The number of hydrogen-bond donors (Lipinski definition) is 0. The van der Waals surface area contributed by atoms with Gasteiger partial charge in [-0.2, -0.15) is 0 Å². The topological polar surface area (TPSA) is 56.1 Å². The summed E-state index contributed by atoms with van der Waals surface area (Å²) >= 11 is 0. The zero-order valence-electron chi connectivity index (χ0n) is 18.6. The van der Waals surface area contributed by atoms with Crippen LogP contribution in [0.5, 0.6) is 0 Å². The molecule has 5 rings (SSSR count). The Kier molecular flexibility index (Phi) is 11.6. The second kappa shape index (κ2) is 13.2. The van der Waals surface area contributed by atoms with E-state index < -0.39 is 0 Å². The summed E-state index contributed by atoms with van der Waals surface area (Å²) < 4.78 is 12.4. The summed E-state index contributed by atoms with van der Waals surface area (Å²) in [5.74, 6) is 1.12. The molecule has 0 radical (unpaired) electrons. The summed E-state index contributed by atoms with van der Waals surface area (Å²) in [6, 6.07) is 26.1. The van der Waals surface area contributed by atoms with Crippen molar-refractivity contribution in [3.05, 3.63) is 101 Å². The van der Waals surface area contributed by atoms with Crippen molar-refractivity contribution in [3.63, 3.8) is 0 Å². The number of benzene rings is 2. The van der Waals surface area contributed by atoms with Crippen molar-refractivity contribution in [1.29, 1.82) is 0 Å².